The van der Waals surface area contributed by atoms with E-state index >= 15 is 0 Å². The molecule has 0 saturated heterocycles. The van der Waals surface area contributed by atoms with Crippen LogP contribution in [0.3, 0.4) is 0 Å². The van der Waals surface area contributed by atoms with Gasteiger partial charge in [0, 0.05) is 46.3 Å². The lowest BCUT2D eigenvalue weighted by Crippen LogP contribution is -2.09. The Balaban J connectivity index is 0.000000225. The third kappa shape index (κ3) is 11.5. The van der Waals surface area contributed by atoms with Gasteiger partial charge in [-0.15, -0.1) is 0 Å². The van der Waals surface area contributed by atoms with Crippen molar-refractivity contribution in [3.63, 3.8) is 0 Å². The average Bonchev–Trinajstić information content (AvgIpc) is 3.07. The molecule has 0 aliphatic heterocycles. The molecule has 0 radical (unpaired) electrons. The Morgan fingerprint density at radius 3 is 1.12 bits per heavy atom. The molecule has 0 aliphatic rings. The fourth-order valence-corrected chi connectivity index (χ4v) is 4.61. The molecule has 6 aromatic rings. The second kappa shape index (κ2) is 18.6. The van der Waals surface area contributed by atoms with Crippen LogP contribution in [0.5, 0.6) is 11.5 Å². The lowest BCUT2D eigenvalue weighted by atomic mass is 10.1. The molecule has 0 aliphatic carbocycles. The summed E-state index contributed by atoms with van der Waals surface area (Å²) in [5.74, 6) is 0.240. The van der Waals surface area contributed by atoms with Crippen molar-refractivity contribution in [3.8, 4) is 11.5 Å². The van der Waals surface area contributed by atoms with Crippen LogP contribution < -0.4 is 9.80 Å². The molecule has 0 amide bonds. The van der Waals surface area contributed by atoms with Crippen LogP contribution in [0.4, 0.5) is 34.1 Å². The summed E-state index contributed by atoms with van der Waals surface area (Å²) in [4.78, 5) is 15.0. The van der Waals surface area contributed by atoms with Gasteiger partial charge >= 0.3 is 5.20 Å². The van der Waals surface area contributed by atoms with Crippen molar-refractivity contribution in [2.45, 2.75) is 7.43 Å². The highest BCUT2D eigenvalue weighted by molar-refractivity contribution is 8.24. The standard InChI is InChI=1S/C19H15NO2.C18H15NO.CH4.Cl3OP/c21-14-15-11-12-18(13-19(15)22)20(16-7-3-1-4-8-16)17-9-5-2-6-10-17;20-18-13-7-12-17(14-18)19(15-8-3-1-4-9-15)16-10-5-2-6-11-16;;1-5(2,3)4/h1-14,22H;1-14,20H;1H4;. The summed E-state index contributed by atoms with van der Waals surface area (Å²) in [5.41, 5.74) is 6.08. The van der Waals surface area contributed by atoms with Crippen LogP contribution >= 0.6 is 38.9 Å². The molecular weight excluding hydrogens is 686 g/mol. The van der Waals surface area contributed by atoms with Gasteiger partial charge in [0.15, 0.2) is 6.29 Å². The molecule has 0 spiro atoms. The van der Waals surface area contributed by atoms with Gasteiger partial charge in [-0.3, -0.25) is 9.36 Å². The lowest BCUT2D eigenvalue weighted by molar-refractivity contribution is 0.112. The Kier molecular flexibility index (Phi) is 14.6. The third-order valence-electron chi connectivity index (χ3n) is 6.54. The molecule has 0 saturated carbocycles. The molecule has 6 aromatic carbocycles. The van der Waals surface area contributed by atoms with Crippen molar-refractivity contribution in [2.75, 3.05) is 9.80 Å². The zero-order chi connectivity index (χ0) is 33.6. The SMILES string of the molecule is C.O=Cc1ccc(N(c2ccccc2)c2ccccc2)cc1O.O=P(Cl)(Cl)Cl.Oc1cccc(N(c2ccccc2)c2ccccc2)c1. The first kappa shape index (κ1) is 37.7. The summed E-state index contributed by atoms with van der Waals surface area (Å²) in [7, 11) is 0. The van der Waals surface area contributed by atoms with Crippen LogP contribution in [0, 0.1) is 0 Å². The van der Waals surface area contributed by atoms with E-state index in [2.05, 4.69) is 62.9 Å². The van der Waals surface area contributed by atoms with Crippen molar-refractivity contribution < 1.29 is 19.6 Å². The van der Waals surface area contributed by atoms with Crippen LogP contribution in [-0.4, -0.2) is 16.5 Å². The smallest absolute Gasteiger partial charge is 0.339 e. The predicted molar refractivity (Wildman–Crippen MR) is 203 cm³/mol. The number of rotatable bonds is 7. The first-order valence-corrected chi connectivity index (χ1v) is 18.6. The monoisotopic (exact) mass is 718 g/mol. The first-order valence-electron chi connectivity index (χ1n) is 14.2. The molecule has 0 aromatic heterocycles. The van der Waals surface area contributed by atoms with Gasteiger partial charge in [0.1, 0.15) is 11.5 Å². The predicted octanol–water partition coefficient (Wildman–Crippen LogP) is 13.0. The van der Waals surface area contributed by atoms with Gasteiger partial charge in [-0.25, -0.2) is 0 Å². The largest absolute Gasteiger partial charge is 0.508 e. The van der Waals surface area contributed by atoms with Crippen LogP contribution in [0.2, 0.25) is 0 Å². The van der Waals surface area contributed by atoms with Crippen LogP contribution in [0.1, 0.15) is 17.8 Å². The van der Waals surface area contributed by atoms with E-state index in [1.54, 1.807) is 24.3 Å². The number of halogens is 3. The zero-order valence-electron chi connectivity index (χ0n) is 24.9. The molecule has 0 heterocycles. The first-order chi connectivity index (χ1) is 22.6. The van der Waals surface area contributed by atoms with Crippen molar-refractivity contribution >= 4 is 79.3 Å². The van der Waals surface area contributed by atoms with Gasteiger partial charge in [0.25, 0.3) is 0 Å². The second-order valence-electron chi connectivity index (χ2n) is 9.79. The highest BCUT2D eigenvalue weighted by Crippen LogP contribution is 2.61. The summed E-state index contributed by atoms with van der Waals surface area (Å²) in [6, 6.07) is 52.3. The molecule has 0 fully saturated rings. The number of aromatic hydroxyl groups is 2. The van der Waals surface area contributed by atoms with Gasteiger partial charge in [0.2, 0.25) is 0 Å². The Morgan fingerprint density at radius 2 is 0.812 bits per heavy atom. The molecule has 2 N–H and O–H groups in total. The number of nitrogens with zero attached hydrogens (tertiary/aromatic N) is 2. The van der Waals surface area contributed by atoms with Gasteiger partial charge in [-0.1, -0.05) is 86.3 Å². The average molecular weight is 720 g/mol. The molecule has 10 heteroatoms. The Morgan fingerprint density at radius 1 is 0.479 bits per heavy atom. The van der Waals surface area contributed by atoms with Crippen molar-refractivity contribution in [1.82, 2.24) is 0 Å². The number of aldehydes is 1. The van der Waals surface area contributed by atoms with E-state index in [1.165, 1.54) is 0 Å². The number of hydrogen-bond acceptors (Lipinski definition) is 6. The lowest BCUT2D eigenvalue weighted by Gasteiger charge is -2.25. The summed E-state index contributed by atoms with van der Waals surface area (Å²) >= 11 is 13.8. The van der Waals surface area contributed by atoms with E-state index < -0.39 is 5.20 Å². The molecule has 246 valence electrons. The highest BCUT2D eigenvalue weighted by atomic mass is 36.0. The van der Waals surface area contributed by atoms with Crippen LogP contribution in [-0.2, 0) is 4.57 Å². The fourth-order valence-electron chi connectivity index (χ4n) is 4.61. The minimum absolute atomic E-state index is 0. The molecule has 0 atom stereocenters. The molecule has 0 bridgehead atoms. The minimum Gasteiger partial charge on any atom is -0.508 e. The number of phenolic OH excluding ortho intramolecular Hbond substituents is 2. The van der Waals surface area contributed by atoms with Gasteiger partial charge in [0.05, 0.1) is 5.56 Å². The number of carbonyl (C=O) groups is 1. The maximum Gasteiger partial charge on any atom is 0.339 e. The summed E-state index contributed by atoms with van der Waals surface area (Å²) < 4.78 is 9.51. The minimum atomic E-state index is -3.22. The molecule has 0 unspecified atom stereocenters. The Bertz CT molecular complexity index is 1810. The number of carbonyl (C=O) groups excluding carboxylic acids is 1. The van der Waals surface area contributed by atoms with E-state index in [0.29, 0.717) is 6.29 Å². The summed E-state index contributed by atoms with van der Waals surface area (Å²) in [6.07, 6.45) is 0.647. The number of hydrogen-bond donors (Lipinski definition) is 2. The number of para-hydroxylation sites is 4. The molecule has 6 rings (SSSR count). The summed E-state index contributed by atoms with van der Waals surface area (Å²) in [5, 5.41) is 16.5. The number of benzene rings is 6. The Labute approximate surface area is 295 Å². The molecular formula is C38H34Cl3N2O4P. The topological polar surface area (TPSA) is 81.1 Å². The molecule has 6 nitrogen and oxygen atoms in total. The normalized spacial score (nSPS) is 10.1. The highest BCUT2D eigenvalue weighted by Gasteiger charge is 2.14. The quantitative estimate of drug-likeness (QED) is 0.126. The Hall–Kier alpha value is -4.71. The third-order valence-corrected chi connectivity index (χ3v) is 6.54. The van der Waals surface area contributed by atoms with Gasteiger partial charge in [-0.05, 0) is 107 Å². The maximum absolute atomic E-state index is 10.9. The maximum atomic E-state index is 10.9. The number of anilines is 6. The van der Waals surface area contributed by atoms with Crippen molar-refractivity contribution in [2.24, 2.45) is 0 Å². The van der Waals surface area contributed by atoms with E-state index in [1.807, 2.05) is 120 Å². The number of phenols is 2. The van der Waals surface area contributed by atoms with Crippen molar-refractivity contribution in [3.05, 3.63) is 169 Å². The molecule has 48 heavy (non-hydrogen) atoms. The van der Waals surface area contributed by atoms with E-state index in [4.69, 9.17) is 0 Å². The van der Waals surface area contributed by atoms with E-state index in [0.717, 1.165) is 34.1 Å². The van der Waals surface area contributed by atoms with Crippen LogP contribution in [0.15, 0.2) is 164 Å². The summed E-state index contributed by atoms with van der Waals surface area (Å²) in [6.45, 7) is 0. The second-order valence-corrected chi connectivity index (χ2v) is 16.4. The van der Waals surface area contributed by atoms with Gasteiger partial charge < -0.3 is 20.0 Å². The van der Waals surface area contributed by atoms with E-state index in [-0.39, 0.29) is 24.5 Å². The fraction of sp³-hybridized carbons (Fsp3) is 0.0263. The van der Waals surface area contributed by atoms with Gasteiger partial charge in [-0.2, -0.15) is 0 Å². The van der Waals surface area contributed by atoms with Crippen LogP contribution in [0.25, 0.3) is 0 Å². The van der Waals surface area contributed by atoms with Crippen molar-refractivity contribution in [1.29, 1.82) is 0 Å². The van der Waals surface area contributed by atoms with E-state index in [9.17, 15) is 19.6 Å². The zero-order valence-corrected chi connectivity index (χ0v) is 28.0.